The summed E-state index contributed by atoms with van der Waals surface area (Å²) >= 11 is 0. The zero-order valence-electron chi connectivity index (χ0n) is 20.7. The molecular formula is C28H27FN2O5. The lowest BCUT2D eigenvalue weighted by atomic mass is 10.1. The van der Waals surface area contributed by atoms with Gasteiger partial charge in [-0.15, -0.1) is 0 Å². The Hall–Kier alpha value is -4.33. The van der Waals surface area contributed by atoms with Crippen LogP contribution in [0.1, 0.15) is 29.7 Å². The Bertz CT molecular complexity index is 1410. The average Bonchev–Trinajstić information content (AvgIpc) is 2.86. The summed E-state index contributed by atoms with van der Waals surface area (Å²) in [5.74, 6) is 2.05. The highest BCUT2D eigenvalue weighted by atomic mass is 19.1. The molecule has 1 aromatic heterocycles. The fraction of sp³-hybridized carbons (Fsp3) is 0.214. The van der Waals surface area contributed by atoms with Crippen LogP contribution in [-0.2, 0) is 4.74 Å². The van der Waals surface area contributed by atoms with E-state index in [4.69, 9.17) is 18.9 Å². The summed E-state index contributed by atoms with van der Waals surface area (Å²) in [4.78, 5) is 16.9. The quantitative estimate of drug-likeness (QED) is 0.297. The zero-order chi connectivity index (χ0) is 25.8. The van der Waals surface area contributed by atoms with Gasteiger partial charge in [-0.05, 0) is 73.9 Å². The number of amides is 1. The molecule has 0 aliphatic rings. The van der Waals surface area contributed by atoms with Crippen LogP contribution in [0.25, 0.3) is 10.9 Å². The van der Waals surface area contributed by atoms with Gasteiger partial charge in [0.05, 0.1) is 19.7 Å². The van der Waals surface area contributed by atoms with E-state index in [-0.39, 0.29) is 5.82 Å². The molecule has 1 heterocycles. The first kappa shape index (κ1) is 24.8. The van der Waals surface area contributed by atoms with Crippen molar-refractivity contribution in [2.75, 3.05) is 19.5 Å². The Morgan fingerprint density at radius 2 is 1.58 bits per heavy atom. The molecule has 1 atom stereocenters. The largest absolute Gasteiger partial charge is 0.493 e. The van der Waals surface area contributed by atoms with Crippen molar-refractivity contribution in [3.8, 4) is 23.0 Å². The minimum atomic E-state index is -0.607. The highest BCUT2D eigenvalue weighted by molar-refractivity contribution is 5.89. The van der Waals surface area contributed by atoms with E-state index in [1.807, 2.05) is 32.0 Å². The lowest BCUT2D eigenvalue weighted by Gasteiger charge is -2.17. The van der Waals surface area contributed by atoms with Gasteiger partial charge in [-0.3, -0.25) is 10.3 Å². The van der Waals surface area contributed by atoms with E-state index in [0.29, 0.717) is 39.8 Å². The maximum absolute atomic E-state index is 13.2. The number of aromatic nitrogens is 1. The van der Waals surface area contributed by atoms with Crippen LogP contribution in [0.2, 0.25) is 0 Å². The highest BCUT2D eigenvalue weighted by Crippen LogP contribution is 2.38. The second-order valence-corrected chi connectivity index (χ2v) is 8.29. The van der Waals surface area contributed by atoms with Gasteiger partial charge in [0.15, 0.2) is 11.5 Å². The second kappa shape index (κ2) is 10.5. The molecule has 4 aromatic rings. The number of fused-ring (bicyclic) bond motifs is 1. The fourth-order valence-electron chi connectivity index (χ4n) is 3.79. The first-order valence-electron chi connectivity index (χ1n) is 11.3. The summed E-state index contributed by atoms with van der Waals surface area (Å²) in [5.41, 5.74) is 3.60. The molecule has 1 unspecified atom stereocenters. The van der Waals surface area contributed by atoms with Crippen molar-refractivity contribution in [3.05, 3.63) is 83.3 Å². The number of carbonyl (C=O) groups is 1. The number of pyridine rings is 1. The Labute approximate surface area is 208 Å². The number of carbonyl (C=O) groups excluding carboxylic acids is 1. The minimum Gasteiger partial charge on any atom is -0.493 e. The van der Waals surface area contributed by atoms with Crippen molar-refractivity contribution in [2.24, 2.45) is 0 Å². The number of nitrogens with zero attached hydrogens (tertiary/aromatic N) is 1. The maximum Gasteiger partial charge on any atom is 0.412 e. The standard InChI is InChI=1S/C28H27FN2O5/c1-16-13-25(36-24-10-11-30-23-15-27(34-5)26(33-4)14-21(23)24)17(2)12-22(16)31-28(32)35-18(3)19-6-8-20(29)9-7-19/h6-15,18H,1-5H3,(H,31,32). The predicted octanol–water partition coefficient (Wildman–Crippen LogP) is 7.11. The van der Waals surface area contributed by atoms with Crippen molar-refractivity contribution >= 4 is 22.7 Å². The van der Waals surface area contributed by atoms with Gasteiger partial charge in [0.25, 0.3) is 0 Å². The van der Waals surface area contributed by atoms with Crippen LogP contribution in [0.5, 0.6) is 23.0 Å². The minimum absolute atomic E-state index is 0.345. The molecule has 0 aliphatic heterocycles. The molecule has 1 N–H and O–H groups in total. The lowest BCUT2D eigenvalue weighted by Crippen LogP contribution is -2.16. The molecule has 7 nitrogen and oxygen atoms in total. The summed E-state index contributed by atoms with van der Waals surface area (Å²) in [6.45, 7) is 5.48. The second-order valence-electron chi connectivity index (χ2n) is 8.29. The first-order chi connectivity index (χ1) is 17.3. The van der Waals surface area contributed by atoms with Crippen LogP contribution in [0, 0.1) is 19.7 Å². The number of halogens is 1. The van der Waals surface area contributed by atoms with Crippen molar-refractivity contribution < 1.29 is 28.1 Å². The van der Waals surface area contributed by atoms with Crippen molar-refractivity contribution in [1.82, 2.24) is 4.98 Å². The molecule has 36 heavy (non-hydrogen) atoms. The summed E-state index contributed by atoms with van der Waals surface area (Å²) in [6, 6.07) is 14.9. The van der Waals surface area contributed by atoms with Crippen molar-refractivity contribution in [2.45, 2.75) is 26.9 Å². The van der Waals surface area contributed by atoms with Gasteiger partial charge in [-0.25, -0.2) is 9.18 Å². The van der Waals surface area contributed by atoms with Gasteiger partial charge in [-0.1, -0.05) is 12.1 Å². The van der Waals surface area contributed by atoms with Gasteiger partial charge in [-0.2, -0.15) is 0 Å². The van der Waals surface area contributed by atoms with Crippen molar-refractivity contribution in [3.63, 3.8) is 0 Å². The van der Waals surface area contributed by atoms with Crippen LogP contribution < -0.4 is 19.5 Å². The molecule has 0 fully saturated rings. The smallest absolute Gasteiger partial charge is 0.412 e. The number of rotatable bonds is 7. The van der Waals surface area contributed by atoms with E-state index in [2.05, 4.69) is 10.3 Å². The fourth-order valence-corrected chi connectivity index (χ4v) is 3.79. The molecule has 3 aromatic carbocycles. The van der Waals surface area contributed by atoms with Gasteiger partial charge >= 0.3 is 6.09 Å². The number of methoxy groups -OCH3 is 2. The predicted molar refractivity (Wildman–Crippen MR) is 136 cm³/mol. The number of hydrogen-bond donors (Lipinski definition) is 1. The SMILES string of the molecule is COc1cc2nccc(Oc3cc(C)c(NC(=O)OC(C)c4ccc(F)cc4)cc3C)c2cc1OC. The summed E-state index contributed by atoms with van der Waals surface area (Å²) < 4.78 is 35.7. The van der Waals surface area contributed by atoms with Crippen LogP contribution in [0.3, 0.4) is 0 Å². The molecule has 0 spiro atoms. The van der Waals surface area contributed by atoms with Crippen molar-refractivity contribution in [1.29, 1.82) is 0 Å². The normalized spacial score (nSPS) is 11.6. The third-order valence-electron chi connectivity index (χ3n) is 5.81. The zero-order valence-corrected chi connectivity index (χ0v) is 20.7. The molecule has 1 amide bonds. The average molecular weight is 491 g/mol. The number of anilines is 1. The van der Waals surface area contributed by atoms with Gasteiger partial charge in [0, 0.05) is 23.3 Å². The van der Waals surface area contributed by atoms with E-state index >= 15 is 0 Å². The Morgan fingerprint density at radius 1 is 0.889 bits per heavy atom. The molecule has 0 aliphatic carbocycles. The molecule has 0 saturated carbocycles. The van der Waals surface area contributed by atoms with E-state index in [0.717, 1.165) is 16.5 Å². The third kappa shape index (κ3) is 5.33. The van der Waals surface area contributed by atoms with Crippen LogP contribution in [-0.4, -0.2) is 25.3 Å². The Balaban J connectivity index is 1.53. The summed E-state index contributed by atoms with van der Waals surface area (Å²) in [7, 11) is 3.15. The van der Waals surface area contributed by atoms with E-state index in [9.17, 15) is 9.18 Å². The molecule has 8 heteroatoms. The number of benzene rings is 3. The van der Waals surface area contributed by atoms with E-state index < -0.39 is 12.2 Å². The van der Waals surface area contributed by atoms with E-state index in [1.54, 1.807) is 51.6 Å². The lowest BCUT2D eigenvalue weighted by molar-refractivity contribution is 0.121. The Morgan fingerprint density at radius 3 is 2.28 bits per heavy atom. The molecular weight excluding hydrogens is 463 g/mol. The molecule has 0 radical (unpaired) electrons. The number of hydrogen-bond acceptors (Lipinski definition) is 6. The topological polar surface area (TPSA) is 78.9 Å². The number of ether oxygens (including phenoxy) is 4. The number of aryl methyl sites for hydroxylation is 2. The summed E-state index contributed by atoms with van der Waals surface area (Å²) in [5, 5.41) is 3.55. The molecule has 186 valence electrons. The van der Waals surface area contributed by atoms with E-state index in [1.165, 1.54) is 12.1 Å². The Kier molecular flexibility index (Phi) is 7.24. The molecule has 0 bridgehead atoms. The first-order valence-corrected chi connectivity index (χ1v) is 11.3. The monoisotopic (exact) mass is 490 g/mol. The third-order valence-corrected chi connectivity index (χ3v) is 5.81. The summed E-state index contributed by atoms with van der Waals surface area (Å²) in [6.07, 6.45) is 0.523. The highest BCUT2D eigenvalue weighted by Gasteiger charge is 2.16. The van der Waals surface area contributed by atoms with Gasteiger partial charge in [0.1, 0.15) is 23.4 Å². The maximum atomic E-state index is 13.2. The molecule has 4 rings (SSSR count). The van der Waals surface area contributed by atoms with Gasteiger partial charge in [0.2, 0.25) is 0 Å². The van der Waals surface area contributed by atoms with Crippen LogP contribution >= 0.6 is 0 Å². The molecule has 0 saturated heterocycles. The van der Waals surface area contributed by atoms with Gasteiger partial charge < -0.3 is 18.9 Å². The van der Waals surface area contributed by atoms with Crippen LogP contribution in [0.4, 0.5) is 14.9 Å². The number of nitrogens with one attached hydrogen (secondary N) is 1. The van der Waals surface area contributed by atoms with Crippen LogP contribution in [0.15, 0.2) is 60.8 Å².